The van der Waals surface area contributed by atoms with E-state index in [2.05, 4.69) is 11.1 Å². The van der Waals surface area contributed by atoms with Crippen molar-refractivity contribution in [1.82, 2.24) is 4.98 Å². The molecule has 2 rings (SSSR count). The molecule has 2 aromatic rings. The Balaban J connectivity index is 2.40. The molecule has 0 amide bonds. The van der Waals surface area contributed by atoms with Crippen molar-refractivity contribution in [3.05, 3.63) is 47.8 Å². The first-order chi connectivity index (χ1) is 10.5. The summed E-state index contributed by atoms with van der Waals surface area (Å²) in [6, 6.07) is 9.05. The molecule has 0 aliphatic carbocycles. The molecule has 0 N–H and O–H groups in total. The lowest BCUT2D eigenvalue weighted by Gasteiger charge is -2.08. The molecule has 5 nitrogen and oxygen atoms in total. The topological polar surface area (TPSA) is 80.0 Å². The Hall–Kier alpha value is -2.39. The molecular formula is C16H16N2O3S. The summed E-state index contributed by atoms with van der Waals surface area (Å²) in [7, 11) is -1.60. The summed E-state index contributed by atoms with van der Waals surface area (Å²) in [6.45, 7) is 1.62. The zero-order chi connectivity index (χ0) is 16.2. The molecule has 0 aliphatic heterocycles. The molecule has 0 spiro atoms. The van der Waals surface area contributed by atoms with Crippen LogP contribution in [0.5, 0.6) is 5.75 Å². The van der Waals surface area contributed by atoms with Crippen LogP contribution in [0.1, 0.15) is 18.1 Å². The highest BCUT2D eigenvalue weighted by molar-refractivity contribution is 7.90. The van der Waals surface area contributed by atoms with E-state index in [0.717, 1.165) is 11.1 Å². The van der Waals surface area contributed by atoms with Gasteiger partial charge < -0.3 is 4.74 Å². The first-order valence-electron chi connectivity index (χ1n) is 6.72. The van der Waals surface area contributed by atoms with Crippen molar-refractivity contribution in [3.63, 3.8) is 0 Å². The average Bonchev–Trinajstić information content (AvgIpc) is 2.54. The standard InChI is InChI=1S/C16H16N2O3S/c1-3-22(19,20)11-12-6-15(10-18-9-12)13-4-5-14(8-17)16(7-13)21-2/h4-7,9-10H,3,11H2,1-2H3. The van der Waals surface area contributed by atoms with E-state index in [1.807, 2.05) is 0 Å². The largest absolute Gasteiger partial charge is 0.495 e. The van der Waals surface area contributed by atoms with Crippen LogP contribution in [0.25, 0.3) is 11.1 Å². The van der Waals surface area contributed by atoms with Crippen molar-refractivity contribution in [1.29, 1.82) is 5.26 Å². The highest BCUT2D eigenvalue weighted by Gasteiger charge is 2.11. The van der Waals surface area contributed by atoms with Gasteiger partial charge in [-0.2, -0.15) is 5.26 Å². The van der Waals surface area contributed by atoms with E-state index in [0.29, 0.717) is 16.9 Å². The summed E-state index contributed by atoms with van der Waals surface area (Å²) in [5.41, 5.74) is 2.69. The predicted molar refractivity (Wildman–Crippen MR) is 84.1 cm³/mol. The molecule has 0 fully saturated rings. The smallest absolute Gasteiger partial charge is 0.154 e. The van der Waals surface area contributed by atoms with E-state index in [4.69, 9.17) is 10.00 Å². The quantitative estimate of drug-likeness (QED) is 0.847. The molecule has 0 bridgehead atoms. The summed E-state index contributed by atoms with van der Waals surface area (Å²) >= 11 is 0. The van der Waals surface area contributed by atoms with Crippen LogP contribution in [-0.4, -0.2) is 26.3 Å². The Morgan fingerprint density at radius 1 is 1.23 bits per heavy atom. The first kappa shape index (κ1) is 16.0. The number of sulfone groups is 1. The molecular weight excluding hydrogens is 300 g/mol. The fourth-order valence-electron chi connectivity index (χ4n) is 2.04. The van der Waals surface area contributed by atoms with Crippen LogP contribution in [0.2, 0.25) is 0 Å². The van der Waals surface area contributed by atoms with Gasteiger partial charge in [-0.15, -0.1) is 0 Å². The lowest BCUT2D eigenvalue weighted by molar-refractivity contribution is 0.413. The van der Waals surface area contributed by atoms with E-state index in [-0.39, 0.29) is 11.5 Å². The zero-order valence-electron chi connectivity index (χ0n) is 12.4. The van der Waals surface area contributed by atoms with Crippen LogP contribution >= 0.6 is 0 Å². The fourth-order valence-corrected chi connectivity index (χ4v) is 2.91. The van der Waals surface area contributed by atoms with Gasteiger partial charge in [-0.1, -0.05) is 13.0 Å². The van der Waals surface area contributed by atoms with Gasteiger partial charge in [-0.3, -0.25) is 4.98 Å². The molecule has 0 radical (unpaired) electrons. The van der Waals surface area contributed by atoms with Crippen molar-refractivity contribution in [2.45, 2.75) is 12.7 Å². The number of pyridine rings is 1. The van der Waals surface area contributed by atoms with Crippen molar-refractivity contribution < 1.29 is 13.2 Å². The van der Waals surface area contributed by atoms with Gasteiger partial charge >= 0.3 is 0 Å². The SMILES string of the molecule is CCS(=O)(=O)Cc1cncc(-c2ccc(C#N)c(OC)c2)c1. The van der Waals surface area contributed by atoms with Crippen molar-refractivity contribution in [2.24, 2.45) is 0 Å². The third kappa shape index (κ3) is 3.62. The van der Waals surface area contributed by atoms with Crippen LogP contribution in [0.4, 0.5) is 0 Å². The Labute approximate surface area is 130 Å². The van der Waals surface area contributed by atoms with Gasteiger partial charge in [0.2, 0.25) is 0 Å². The number of nitrogens with zero attached hydrogens (tertiary/aromatic N) is 2. The number of methoxy groups -OCH3 is 1. The molecule has 0 saturated heterocycles. The molecule has 6 heteroatoms. The minimum absolute atomic E-state index is 0.0300. The molecule has 1 heterocycles. The van der Waals surface area contributed by atoms with E-state index >= 15 is 0 Å². The van der Waals surface area contributed by atoms with Crippen LogP contribution in [0.15, 0.2) is 36.7 Å². The van der Waals surface area contributed by atoms with Crippen molar-refractivity contribution >= 4 is 9.84 Å². The van der Waals surface area contributed by atoms with Crippen LogP contribution in [0, 0.1) is 11.3 Å². The number of hydrogen-bond acceptors (Lipinski definition) is 5. The van der Waals surface area contributed by atoms with Gasteiger partial charge in [0, 0.05) is 23.7 Å². The van der Waals surface area contributed by atoms with Gasteiger partial charge in [0.25, 0.3) is 0 Å². The van der Waals surface area contributed by atoms with E-state index in [9.17, 15) is 8.42 Å². The molecule has 1 aromatic carbocycles. The summed E-state index contributed by atoms with van der Waals surface area (Å²) in [4.78, 5) is 4.11. The molecule has 114 valence electrons. The second kappa shape index (κ2) is 6.58. The van der Waals surface area contributed by atoms with Gasteiger partial charge in [0.15, 0.2) is 9.84 Å². The maximum absolute atomic E-state index is 11.7. The summed E-state index contributed by atoms with van der Waals surface area (Å²) in [5.74, 6) is 0.547. The van der Waals surface area contributed by atoms with E-state index in [1.54, 1.807) is 43.6 Å². The summed E-state index contributed by atoms with van der Waals surface area (Å²) in [5, 5.41) is 9.00. The monoisotopic (exact) mass is 316 g/mol. The number of hydrogen-bond donors (Lipinski definition) is 0. The third-order valence-electron chi connectivity index (χ3n) is 3.28. The number of aromatic nitrogens is 1. The number of benzene rings is 1. The number of ether oxygens (including phenoxy) is 1. The maximum Gasteiger partial charge on any atom is 0.154 e. The second-order valence-electron chi connectivity index (χ2n) is 4.79. The van der Waals surface area contributed by atoms with Gasteiger partial charge in [-0.25, -0.2) is 8.42 Å². The Bertz CT molecular complexity index is 824. The first-order valence-corrected chi connectivity index (χ1v) is 8.54. The third-order valence-corrected chi connectivity index (χ3v) is 4.93. The van der Waals surface area contributed by atoms with Crippen molar-refractivity contribution in [2.75, 3.05) is 12.9 Å². The Morgan fingerprint density at radius 3 is 2.64 bits per heavy atom. The zero-order valence-corrected chi connectivity index (χ0v) is 13.2. The van der Waals surface area contributed by atoms with Gasteiger partial charge in [0.1, 0.15) is 11.8 Å². The molecule has 22 heavy (non-hydrogen) atoms. The summed E-state index contributed by atoms with van der Waals surface area (Å²) < 4.78 is 28.6. The van der Waals surface area contributed by atoms with E-state index in [1.165, 1.54) is 7.11 Å². The predicted octanol–water partition coefficient (Wildman–Crippen LogP) is 2.56. The normalized spacial score (nSPS) is 11.0. The maximum atomic E-state index is 11.7. The lowest BCUT2D eigenvalue weighted by atomic mass is 10.0. The Morgan fingerprint density at radius 2 is 2.00 bits per heavy atom. The number of rotatable bonds is 5. The molecule has 0 aliphatic rings. The highest BCUT2D eigenvalue weighted by atomic mass is 32.2. The summed E-state index contributed by atoms with van der Waals surface area (Å²) in [6.07, 6.45) is 3.21. The van der Waals surface area contributed by atoms with Gasteiger partial charge in [-0.05, 0) is 29.3 Å². The molecule has 0 saturated carbocycles. The van der Waals surface area contributed by atoms with Crippen LogP contribution in [-0.2, 0) is 15.6 Å². The Kier molecular flexibility index (Phi) is 4.78. The average molecular weight is 316 g/mol. The van der Waals surface area contributed by atoms with Gasteiger partial charge in [0.05, 0.1) is 18.4 Å². The minimum atomic E-state index is -3.10. The molecule has 1 aromatic heterocycles. The minimum Gasteiger partial charge on any atom is -0.495 e. The number of nitriles is 1. The second-order valence-corrected chi connectivity index (χ2v) is 7.14. The highest BCUT2D eigenvalue weighted by Crippen LogP contribution is 2.27. The van der Waals surface area contributed by atoms with E-state index < -0.39 is 9.84 Å². The van der Waals surface area contributed by atoms with Crippen molar-refractivity contribution in [3.8, 4) is 22.9 Å². The fraction of sp³-hybridized carbons (Fsp3) is 0.250. The van der Waals surface area contributed by atoms with Crippen LogP contribution < -0.4 is 4.74 Å². The molecule has 0 atom stereocenters. The van der Waals surface area contributed by atoms with Crippen LogP contribution in [0.3, 0.4) is 0 Å². The lowest BCUT2D eigenvalue weighted by Crippen LogP contribution is -2.06. The molecule has 0 unspecified atom stereocenters.